The fraction of sp³-hybridized carbons (Fsp3) is 0.800. The maximum atomic E-state index is 4.14. The summed E-state index contributed by atoms with van der Waals surface area (Å²) >= 11 is 0. The second-order valence-corrected chi connectivity index (χ2v) is 4.43. The molecule has 2 rings (SSSR count). The molecule has 1 saturated carbocycles. The molecule has 0 bridgehead atoms. The lowest BCUT2D eigenvalue weighted by molar-refractivity contribution is 0.366. The summed E-state index contributed by atoms with van der Waals surface area (Å²) < 4.78 is 1.77. The van der Waals surface area contributed by atoms with Gasteiger partial charge in [-0.05, 0) is 32.2 Å². The molecule has 1 aliphatic rings. The Bertz CT molecular complexity index is 314. The predicted molar refractivity (Wildman–Crippen MR) is 54.9 cm³/mol. The van der Waals surface area contributed by atoms with E-state index in [4.69, 9.17) is 0 Å². The van der Waals surface area contributed by atoms with Crippen molar-refractivity contribution in [3.63, 3.8) is 0 Å². The summed E-state index contributed by atoms with van der Waals surface area (Å²) in [4.78, 5) is 0. The third-order valence-corrected chi connectivity index (χ3v) is 3.43. The van der Waals surface area contributed by atoms with Gasteiger partial charge in [-0.2, -0.15) is 0 Å². The summed E-state index contributed by atoms with van der Waals surface area (Å²) in [7, 11) is 3.94. The molecule has 0 radical (unpaired) electrons. The minimum absolute atomic E-state index is 0.449. The van der Waals surface area contributed by atoms with Crippen molar-refractivity contribution < 1.29 is 0 Å². The molecule has 1 aromatic rings. The van der Waals surface area contributed by atoms with Gasteiger partial charge in [0.15, 0.2) is 0 Å². The Labute approximate surface area is 84.7 Å². The van der Waals surface area contributed by atoms with Gasteiger partial charge in [-0.1, -0.05) is 5.21 Å². The monoisotopic (exact) mass is 194 g/mol. The van der Waals surface area contributed by atoms with Crippen LogP contribution in [0.4, 0.5) is 0 Å². The highest BCUT2D eigenvalue weighted by molar-refractivity contribution is 5.08. The van der Waals surface area contributed by atoms with Crippen LogP contribution in [0.15, 0.2) is 6.20 Å². The van der Waals surface area contributed by atoms with Crippen LogP contribution in [-0.4, -0.2) is 28.1 Å². The fourth-order valence-electron chi connectivity index (χ4n) is 2.07. The maximum Gasteiger partial charge on any atom is 0.0833 e. The van der Waals surface area contributed by atoms with E-state index >= 15 is 0 Å². The molecule has 0 amide bonds. The van der Waals surface area contributed by atoms with Gasteiger partial charge in [0.2, 0.25) is 0 Å². The zero-order valence-electron chi connectivity index (χ0n) is 9.12. The van der Waals surface area contributed by atoms with E-state index in [9.17, 15) is 0 Å². The number of hydrogen-bond acceptors (Lipinski definition) is 3. The van der Waals surface area contributed by atoms with Crippen molar-refractivity contribution in [1.29, 1.82) is 0 Å². The molecule has 78 valence electrons. The van der Waals surface area contributed by atoms with Crippen molar-refractivity contribution in [3.05, 3.63) is 11.9 Å². The van der Waals surface area contributed by atoms with Gasteiger partial charge in [-0.15, -0.1) is 5.10 Å². The molecule has 0 spiro atoms. The smallest absolute Gasteiger partial charge is 0.0833 e. The van der Waals surface area contributed by atoms with Gasteiger partial charge in [0.05, 0.1) is 5.69 Å². The van der Waals surface area contributed by atoms with Crippen LogP contribution < -0.4 is 5.32 Å². The molecule has 1 unspecified atom stereocenters. The van der Waals surface area contributed by atoms with Crippen molar-refractivity contribution in [1.82, 2.24) is 20.3 Å². The SMILES string of the molecule is CNC(C)C1(Cc2cn(C)nn2)CC1. The lowest BCUT2D eigenvalue weighted by atomic mass is 9.92. The van der Waals surface area contributed by atoms with E-state index in [0.29, 0.717) is 11.5 Å². The minimum Gasteiger partial charge on any atom is -0.317 e. The van der Waals surface area contributed by atoms with Gasteiger partial charge in [0.1, 0.15) is 0 Å². The van der Waals surface area contributed by atoms with Crippen LogP contribution >= 0.6 is 0 Å². The molecule has 14 heavy (non-hydrogen) atoms. The Balaban J connectivity index is 2.04. The Hall–Kier alpha value is -0.900. The zero-order chi connectivity index (χ0) is 10.2. The van der Waals surface area contributed by atoms with Crippen LogP contribution in [0, 0.1) is 5.41 Å². The Kier molecular flexibility index (Phi) is 2.31. The molecule has 1 N–H and O–H groups in total. The second kappa shape index (κ2) is 3.35. The Morgan fingerprint density at radius 3 is 2.79 bits per heavy atom. The van der Waals surface area contributed by atoms with Crippen LogP contribution in [0.25, 0.3) is 0 Å². The van der Waals surface area contributed by atoms with Crippen LogP contribution in [0.3, 0.4) is 0 Å². The van der Waals surface area contributed by atoms with E-state index in [-0.39, 0.29) is 0 Å². The highest BCUT2D eigenvalue weighted by atomic mass is 15.4. The molecule has 0 aliphatic heterocycles. The summed E-state index contributed by atoms with van der Waals surface area (Å²) in [5, 5.41) is 11.4. The van der Waals surface area contributed by atoms with Gasteiger partial charge >= 0.3 is 0 Å². The highest BCUT2D eigenvalue weighted by Crippen LogP contribution is 2.50. The van der Waals surface area contributed by atoms with Crippen molar-refractivity contribution in [2.24, 2.45) is 12.5 Å². The summed E-state index contributed by atoms with van der Waals surface area (Å²) in [5.41, 5.74) is 1.57. The number of aryl methyl sites for hydroxylation is 1. The summed E-state index contributed by atoms with van der Waals surface area (Å²) in [6.45, 7) is 2.25. The molecule has 1 fully saturated rings. The summed E-state index contributed by atoms with van der Waals surface area (Å²) in [6.07, 6.45) is 5.70. The number of hydrogen-bond donors (Lipinski definition) is 1. The van der Waals surface area contributed by atoms with Crippen LogP contribution in [0.1, 0.15) is 25.5 Å². The van der Waals surface area contributed by atoms with E-state index < -0.39 is 0 Å². The quantitative estimate of drug-likeness (QED) is 0.769. The average molecular weight is 194 g/mol. The topological polar surface area (TPSA) is 42.7 Å². The van der Waals surface area contributed by atoms with E-state index in [1.165, 1.54) is 12.8 Å². The first-order valence-electron chi connectivity index (χ1n) is 5.19. The normalized spacial score (nSPS) is 20.8. The Morgan fingerprint density at radius 1 is 1.64 bits per heavy atom. The molecule has 1 heterocycles. The average Bonchev–Trinajstić information content (AvgIpc) is 2.84. The van der Waals surface area contributed by atoms with Crippen molar-refractivity contribution in [2.45, 2.75) is 32.2 Å². The van der Waals surface area contributed by atoms with Gasteiger partial charge < -0.3 is 5.32 Å². The van der Waals surface area contributed by atoms with E-state index in [0.717, 1.165) is 12.1 Å². The van der Waals surface area contributed by atoms with E-state index in [1.54, 1.807) is 4.68 Å². The van der Waals surface area contributed by atoms with Crippen molar-refractivity contribution in [3.8, 4) is 0 Å². The molecule has 4 heteroatoms. The largest absolute Gasteiger partial charge is 0.317 e. The third kappa shape index (κ3) is 1.66. The number of aromatic nitrogens is 3. The molecule has 4 nitrogen and oxygen atoms in total. The number of nitrogens with one attached hydrogen (secondary N) is 1. The number of nitrogens with zero attached hydrogens (tertiary/aromatic N) is 3. The summed E-state index contributed by atoms with van der Waals surface area (Å²) in [6, 6.07) is 0.574. The predicted octanol–water partition coefficient (Wildman–Crippen LogP) is 0.746. The molecule has 0 saturated heterocycles. The summed E-state index contributed by atoms with van der Waals surface area (Å²) in [5.74, 6) is 0. The second-order valence-electron chi connectivity index (χ2n) is 4.43. The highest BCUT2D eigenvalue weighted by Gasteiger charge is 2.47. The molecular formula is C10H18N4. The van der Waals surface area contributed by atoms with E-state index in [2.05, 4.69) is 22.6 Å². The molecule has 1 atom stereocenters. The maximum absolute atomic E-state index is 4.14. The standard InChI is InChI=1S/C10H18N4/c1-8(11-2)10(4-5-10)6-9-7-14(3)13-12-9/h7-8,11H,4-6H2,1-3H3. The van der Waals surface area contributed by atoms with Crippen LogP contribution in [0.2, 0.25) is 0 Å². The Morgan fingerprint density at radius 2 is 2.36 bits per heavy atom. The molecule has 0 aromatic carbocycles. The molecular weight excluding hydrogens is 176 g/mol. The number of rotatable bonds is 4. The zero-order valence-corrected chi connectivity index (χ0v) is 9.12. The van der Waals surface area contributed by atoms with Crippen LogP contribution in [0.5, 0.6) is 0 Å². The minimum atomic E-state index is 0.449. The lowest BCUT2D eigenvalue weighted by Gasteiger charge is -2.21. The van der Waals surface area contributed by atoms with Crippen molar-refractivity contribution >= 4 is 0 Å². The van der Waals surface area contributed by atoms with Crippen LogP contribution in [-0.2, 0) is 13.5 Å². The van der Waals surface area contributed by atoms with Gasteiger partial charge in [-0.3, -0.25) is 4.68 Å². The lowest BCUT2D eigenvalue weighted by Crippen LogP contribution is -2.33. The fourth-order valence-corrected chi connectivity index (χ4v) is 2.07. The van der Waals surface area contributed by atoms with Gasteiger partial charge in [0.25, 0.3) is 0 Å². The first-order valence-corrected chi connectivity index (χ1v) is 5.19. The van der Waals surface area contributed by atoms with Gasteiger partial charge in [-0.25, -0.2) is 0 Å². The molecule has 1 aliphatic carbocycles. The van der Waals surface area contributed by atoms with Gasteiger partial charge in [0, 0.05) is 25.7 Å². The first-order chi connectivity index (χ1) is 6.66. The molecule has 1 aromatic heterocycles. The third-order valence-electron chi connectivity index (χ3n) is 3.43. The first kappa shape index (κ1) is 9.65. The van der Waals surface area contributed by atoms with Crippen molar-refractivity contribution in [2.75, 3.05) is 7.05 Å². The van der Waals surface area contributed by atoms with E-state index in [1.807, 2.05) is 20.3 Å².